The van der Waals surface area contributed by atoms with Gasteiger partial charge in [-0.2, -0.15) is 0 Å². The van der Waals surface area contributed by atoms with Gasteiger partial charge in [0.2, 0.25) is 5.13 Å². The first-order valence-corrected chi connectivity index (χ1v) is 3.04. The van der Waals surface area contributed by atoms with Crippen LogP contribution >= 0.6 is 11.3 Å². The second kappa shape index (κ2) is 5.17. The van der Waals surface area contributed by atoms with Gasteiger partial charge in [0, 0.05) is 7.05 Å². The summed E-state index contributed by atoms with van der Waals surface area (Å²) >= 11 is 1.49. The van der Waals surface area contributed by atoms with Crippen LogP contribution in [-0.2, 0) is 4.79 Å². The SMILES string of the molecule is C=O.CNc1nncs1. The van der Waals surface area contributed by atoms with Crippen LogP contribution in [0.3, 0.4) is 0 Å². The van der Waals surface area contributed by atoms with Crippen LogP contribution in [0.2, 0.25) is 0 Å². The van der Waals surface area contributed by atoms with Gasteiger partial charge < -0.3 is 10.1 Å². The fourth-order valence-corrected chi connectivity index (χ4v) is 0.688. The summed E-state index contributed by atoms with van der Waals surface area (Å²) in [6.07, 6.45) is 0. The number of anilines is 1. The van der Waals surface area contributed by atoms with Crippen LogP contribution in [0.25, 0.3) is 0 Å². The summed E-state index contributed by atoms with van der Waals surface area (Å²) in [4.78, 5) is 8.00. The predicted molar refractivity (Wildman–Crippen MR) is 36.6 cm³/mol. The molecule has 9 heavy (non-hydrogen) atoms. The van der Waals surface area contributed by atoms with Crippen LogP contribution < -0.4 is 5.32 Å². The average molecular weight is 145 g/mol. The Hall–Kier alpha value is -0.970. The number of carbonyl (C=O) groups excluding carboxylic acids is 1. The van der Waals surface area contributed by atoms with E-state index in [1.54, 1.807) is 5.51 Å². The lowest BCUT2D eigenvalue weighted by atomic mass is 11.1. The molecule has 0 bridgehead atoms. The van der Waals surface area contributed by atoms with Gasteiger partial charge in [0.05, 0.1) is 0 Å². The highest BCUT2D eigenvalue weighted by atomic mass is 32.1. The van der Waals surface area contributed by atoms with Crippen molar-refractivity contribution in [2.75, 3.05) is 12.4 Å². The summed E-state index contributed by atoms with van der Waals surface area (Å²) in [5.74, 6) is 0. The van der Waals surface area contributed by atoms with E-state index < -0.39 is 0 Å². The Kier molecular flexibility index (Phi) is 4.61. The molecule has 0 atom stereocenters. The Labute approximate surface area is 56.9 Å². The third kappa shape index (κ3) is 2.76. The van der Waals surface area contributed by atoms with Crippen molar-refractivity contribution in [1.82, 2.24) is 10.2 Å². The Morgan fingerprint density at radius 1 is 1.78 bits per heavy atom. The number of hydrogen-bond donors (Lipinski definition) is 1. The standard InChI is InChI=1S/C3H5N3S.CH2O/c1-4-3-6-5-2-7-3;1-2/h2H,1H3,(H,4,6);1H2. The van der Waals surface area contributed by atoms with Crippen molar-refractivity contribution >= 4 is 23.3 Å². The molecule has 0 aromatic carbocycles. The van der Waals surface area contributed by atoms with E-state index in [0.717, 1.165) is 5.13 Å². The van der Waals surface area contributed by atoms with E-state index >= 15 is 0 Å². The van der Waals surface area contributed by atoms with Gasteiger partial charge in [-0.25, -0.2) is 0 Å². The van der Waals surface area contributed by atoms with Crippen molar-refractivity contribution in [3.05, 3.63) is 5.51 Å². The van der Waals surface area contributed by atoms with E-state index in [9.17, 15) is 0 Å². The van der Waals surface area contributed by atoms with Crippen LogP contribution in [0.5, 0.6) is 0 Å². The number of carbonyl (C=O) groups is 1. The molecule has 0 unspecified atom stereocenters. The molecule has 0 aliphatic carbocycles. The molecular formula is C4H7N3OS. The zero-order chi connectivity index (χ0) is 7.11. The van der Waals surface area contributed by atoms with Crippen molar-refractivity contribution in [1.29, 1.82) is 0 Å². The smallest absolute Gasteiger partial charge is 0.205 e. The summed E-state index contributed by atoms with van der Waals surface area (Å²) in [7, 11) is 1.82. The lowest BCUT2D eigenvalue weighted by Gasteiger charge is -1.82. The molecule has 0 aliphatic heterocycles. The van der Waals surface area contributed by atoms with Gasteiger partial charge in [0.1, 0.15) is 12.3 Å². The van der Waals surface area contributed by atoms with Crippen molar-refractivity contribution in [3.8, 4) is 0 Å². The zero-order valence-electron chi connectivity index (χ0n) is 5.00. The van der Waals surface area contributed by atoms with Crippen molar-refractivity contribution < 1.29 is 4.79 Å². The molecule has 1 aromatic rings. The zero-order valence-corrected chi connectivity index (χ0v) is 5.81. The fraction of sp³-hybridized carbons (Fsp3) is 0.250. The first-order chi connectivity index (χ1) is 4.43. The van der Waals surface area contributed by atoms with E-state index in [1.807, 2.05) is 13.8 Å². The molecule has 4 nitrogen and oxygen atoms in total. The van der Waals surface area contributed by atoms with E-state index in [-0.39, 0.29) is 0 Å². The van der Waals surface area contributed by atoms with Gasteiger partial charge in [-0.05, 0) is 0 Å². The number of hydrogen-bond acceptors (Lipinski definition) is 5. The highest BCUT2D eigenvalue weighted by Gasteiger charge is 1.84. The minimum atomic E-state index is 0.861. The van der Waals surface area contributed by atoms with Gasteiger partial charge in [-0.3, -0.25) is 0 Å². The highest BCUT2D eigenvalue weighted by molar-refractivity contribution is 7.13. The highest BCUT2D eigenvalue weighted by Crippen LogP contribution is 2.04. The molecule has 0 fully saturated rings. The van der Waals surface area contributed by atoms with E-state index in [0.29, 0.717) is 0 Å². The molecule has 1 N–H and O–H groups in total. The van der Waals surface area contributed by atoms with Crippen LogP contribution in [0.1, 0.15) is 0 Å². The summed E-state index contributed by atoms with van der Waals surface area (Å²) in [6, 6.07) is 0. The quantitative estimate of drug-likeness (QED) is 0.621. The van der Waals surface area contributed by atoms with Crippen molar-refractivity contribution in [3.63, 3.8) is 0 Å². The topological polar surface area (TPSA) is 54.9 Å². The van der Waals surface area contributed by atoms with Crippen molar-refractivity contribution in [2.24, 2.45) is 0 Å². The maximum atomic E-state index is 8.00. The summed E-state index contributed by atoms with van der Waals surface area (Å²) in [5, 5.41) is 11.0. The number of nitrogens with zero attached hydrogens (tertiary/aromatic N) is 2. The normalized spacial score (nSPS) is 7.22. The van der Waals surface area contributed by atoms with E-state index in [1.165, 1.54) is 11.3 Å². The van der Waals surface area contributed by atoms with Crippen LogP contribution in [0.4, 0.5) is 5.13 Å². The minimum absolute atomic E-state index is 0.861. The molecule has 1 aromatic heterocycles. The van der Waals surface area contributed by atoms with Gasteiger partial charge in [0.25, 0.3) is 0 Å². The predicted octanol–water partition coefficient (Wildman–Crippen LogP) is 0.395. The Bertz CT molecular complexity index is 142. The molecule has 0 radical (unpaired) electrons. The molecule has 0 saturated heterocycles. The van der Waals surface area contributed by atoms with Crippen molar-refractivity contribution in [2.45, 2.75) is 0 Å². The lowest BCUT2D eigenvalue weighted by molar-refractivity contribution is -0.0979. The lowest BCUT2D eigenvalue weighted by Crippen LogP contribution is -1.84. The Morgan fingerprint density at radius 2 is 2.44 bits per heavy atom. The maximum Gasteiger partial charge on any atom is 0.205 e. The number of rotatable bonds is 1. The van der Waals surface area contributed by atoms with Gasteiger partial charge >= 0.3 is 0 Å². The average Bonchev–Trinajstić information content (AvgIpc) is 2.43. The Morgan fingerprint density at radius 3 is 2.67 bits per heavy atom. The fourth-order valence-electron chi connectivity index (χ4n) is 0.282. The summed E-state index contributed by atoms with van der Waals surface area (Å²) in [6.45, 7) is 2.00. The first kappa shape index (κ1) is 8.03. The Balaban J connectivity index is 0.000000291. The summed E-state index contributed by atoms with van der Waals surface area (Å²) < 4.78 is 0. The third-order valence-electron chi connectivity index (χ3n) is 0.574. The van der Waals surface area contributed by atoms with Crippen LogP contribution in [0.15, 0.2) is 5.51 Å². The molecule has 0 saturated carbocycles. The monoisotopic (exact) mass is 145 g/mol. The minimum Gasteiger partial charge on any atom is -0.363 e. The number of nitrogens with one attached hydrogen (secondary N) is 1. The molecular weight excluding hydrogens is 138 g/mol. The first-order valence-electron chi connectivity index (χ1n) is 2.16. The van der Waals surface area contributed by atoms with Gasteiger partial charge in [-0.1, -0.05) is 11.3 Å². The third-order valence-corrected chi connectivity index (χ3v) is 1.28. The largest absolute Gasteiger partial charge is 0.363 e. The second-order valence-corrected chi connectivity index (χ2v) is 1.83. The van der Waals surface area contributed by atoms with Gasteiger partial charge in [-0.15, -0.1) is 10.2 Å². The van der Waals surface area contributed by atoms with E-state index in [4.69, 9.17) is 4.79 Å². The van der Waals surface area contributed by atoms with Crippen LogP contribution in [0, 0.1) is 0 Å². The van der Waals surface area contributed by atoms with Crippen LogP contribution in [-0.4, -0.2) is 24.0 Å². The number of aromatic nitrogens is 2. The molecule has 0 aliphatic rings. The van der Waals surface area contributed by atoms with Gasteiger partial charge in [0.15, 0.2) is 0 Å². The maximum absolute atomic E-state index is 8.00. The molecule has 5 heteroatoms. The van der Waals surface area contributed by atoms with E-state index in [2.05, 4.69) is 15.5 Å². The molecule has 1 rings (SSSR count). The molecule has 50 valence electrons. The second-order valence-electron chi connectivity index (χ2n) is 0.994. The summed E-state index contributed by atoms with van der Waals surface area (Å²) in [5.41, 5.74) is 1.69. The molecule has 1 heterocycles. The molecule has 0 amide bonds. The molecule has 0 spiro atoms.